The summed E-state index contributed by atoms with van der Waals surface area (Å²) in [6.45, 7) is -1.06. The summed E-state index contributed by atoms with van der Waals surface area (Å²) >= 11 is 0. The first-order valence-electron chi connectivity index (χ1n) is 12.1. The molecule has 17 heteroatoms. The van der Waals surface area contributed by atoms with E-state index in [1.54, 1.807) is 0 Å². The molecule has 0 spiro atoms. The van der Waals surface area contributed by atoms with Crippen molar-refractivity contribution >= 4 is 0 Å². The fraction of sp³-hybridized carbons (Fsp3) is 1.00. The number of hydrogen-bond donors (Lipinski definition) is 10. The minimum Gasteiger partial charge on any atom is -0.387 e. The Morgan fingerprint density at radius 3 is 1.47 bits per heavy atom. The summed E-state index contributed by atoms with van der Waals surface area (Å²) in [5.74, 6) is 0. The van der Waals surface area contributed by atoms with E-state index in [0.29, 0.717) is 0 Å². The van der Waals surface area contributed by atoms with Gasteiger partial charge in [0.2, 0.25) is 0 Å². The summed E-state index contributed by atoms with van der Waals surface area (Å²) in [6, 6.07) is 0. The fourth-order valence-electron chi connectivity index (χ4n) is 4.37. The van der Waals surface area contributed by atoms with Crippen LogP contribution >= 0.6 is 0 Å². The van der Waals surface area contributed by atoms with Crippen molar-refractivity contribution in [2.75, 3.05) is 40.1 Å². The van der Waals surface area contributed by atoms with Crippen LogP contribution in [0.15, 0.2) is 0 Å². The molecule has 0 saturated carbocycles. The fourth-order valence-corrected chi connectivity index (χ4v) is 4.37. The summed E-state index contributed by atoms with van der Waals surface area (Å²) in [4.78, 5) is 0. The summed E-state index contributed by atoms with van der Waals surface area (Å²) < 4.78 is 37.1. The van der Waals surface area contributed by atoms with Crippen molar-refractivity contribution in [2.24, 2.45) is 5.73 Å². The molecule has 38 heavy (non-hydrogen) atoms. The van der Waals surface area contributed by atoms with Gasteiger partial charge in [0.15, 0.2) is 18.9 Å². The Hall–Kier alpha value is -0.680. The monoisotopic (exact) mass is 561 g/mol. The topological polar surface area (TPSA) is 273 Å². The molecule has 3 heterocycles. The van der Waals surface area contributed by atoms with E-state index in [4.69, 9.17) is 38.9 Å². The Balaban J connectivity index is 1.57. The van der Waals surface area contributed by atoms with Gasteiger partial charge in [-0.15, -0.1) is 0 Å². The molecule has 0 aromatic rings. The maximum absolute atomic E-state index is 10.3. The van der Waals surface area contributed by atoms with E-state index in [1.165, 1.54) is 7.11 Å². The molecule has 15 unspecified atom stereocenters. The highest BCUT2D eigenvalue weighted by atomic mass is 16.7. The quantitative estimate of drug-likeness (QED) is 0.112. The van der Waals surface area contributed by atoms with Crippen LogP contribution in [0, 0.1) is 0 Å². The van der Waals surface area contributed by atoms with Gasteiger partial charge < -0.3 is 84.9 Å². The van der Waals surface area contributed by atoms with Crippen molar-refractivity contribution in [1.29, 1.82) is 0 Å². The molecule has 0 aromatic carbocycles. The lowest BCUT2D eigenvalue weighted by molar-refractivity contribution is -0.341. The molecule has 17 nitrogen and oxygen atoms in total. The van der Waals surface area contributed by atoms with Crippen LogP contribution in [0.5, 0.6) is 0 Å². The molecule has 0 aromatic heterocycles. The molecule has 15 atom stereocenters. The summed E-state index contributed by atoms with van der Waals surface area (Å²) in [7, 11) is 1.34. The van der Waals surface area contributed by atoms with E-state index in [-0.39, 0.29) is 19.8 Å². The van der Waals surface area contributed by atoms with E-state index in [0.717, 1.165) is 0 Å². The molecule has 3 aliphatic rings. The molecule has 3 fully saturated rings. The van der Waals surface area contributed by atoms with Crippen molar-refractivity contribution < 1.29 is 79.1 Å². The highest BCUT2D eigenvalue weighted by Gasteiger charge is 2.49. The molecule has 3 aliphatic heterocycles. The van der Waals surface area contributed by atoms with Crippen LogP contribution in [-0.4, -0.2) is 178 Å². The summed E-state index contributed by atoms with van der Waals surface area (Å²) in [5, 5.41) is 91.9. The van der Waals surface area contributed by atoms with E-state index in [9.17, 15) is 46.0 Å². The molecular formula is C21H39NO16. The number of methoxy groups -OCH3 is 1. The third-order valence-electron chi connectivity index (χ3n) is 6.61. The van der Waals surface area contributed by atoms with Crippen molar-refractivity contribution in [3.8, 4) is 0 Å². The lowest BCUT2D eigenvalue weighted by Crippen LogP contribution is -2.62. The average Bonchev–Trinajstić information content (AvgIpc) is 2.89. The lowest BCUT2D eigenvalue weighted by atomic mass is 9.98. The molecule has 11 N–H and O–H groups in total. The second-order valence-corrected chi connectivity index (χ2v) is 9.32. The van der Waals surface area contributed by atoms with Crippen LogP contribution in [0.2, 0.25) is 0 Å². The largest absolute Gasteiger partial charge is 0.387 e. The zero-order valence-corrected chi connectivity index (χ0v) is 20.7. The van der Waals surface area contributed by atoms with Crippen LogP contribution < -0.4 is 5.73 Å². The Morgan fingerprint density at radius 2 is 1.00 bits per heavy atom. The lowest BCUT2D eigenvalue weighted by Gasteiger charge is -2.44. The molecule has 0 radical (unpaired) electrons. The SMILES string of the molecule is COCC1OC(OCC2OC(OCC3OC(O)C(OCCN)C(O)C3O)C(O)C(O)C2O)C(O)C(O)C1O. The van der Waals surface area contributed by atoms with Gasteiger partial charge in [-0.2, -0.15) is 0 Å². The zero-order chi connectivity index (χ0) is 28.1. The van der Waals surface area contributed by atoms with E-state index >= 15 is 0 Å². The van der Waals surface area contributed by atoms with Crippen LogP contribution in [0.25, 0.3) is 0 Å². The van der Waals surface area contributed by atoms with E-state index < -0.39 is 105 Å². The van der Waals surface area contributed by atoms with E-state index in [2.05, 4.69) is 0 Å². The second kappa shape index (κ2) is 14.3. The first-order chi connectivity index (χ1) is 18.0. The second-order valence-electron chi connectivity index (χ2n) is 9.32. The first kappa shape index (κ1) is 31.8. The van der Waals surface area contributed by atoms with Crippen molar-refractivity contribution in [1.82, 2.24) is 0 Å². The Kier molecular flexibility index (Phi) is 12.0. The van der Waals surface area contributed by atoms with Gasteiger partial charge >= 0.3 is 0 Å². The normalized spacial score (nSPS) is 48.2. The standard InChI is InChI=1S/C21H39NO16/c1-32-4-7-10(23)13(26)16(29)20(37-7)35-6-9-11(24)14(27)17(30)21(38-9)34-5-8-12(25)15(28)18(19(31)36-8)33-3-2-22/h7-21,23-31H,2-6,22H2,1H3. The van der Waals surface area contributed by atoms with Crippen molar-refractivity contribution in [3.63, 3.8) is 0 Å². The predicted octanol–water partition coefficient (Wildman–Crippen LogP) is -6.94. The number of aliphatic hydroxyl groups excluding tert-OH is 9. The van der Waals surface area contributed by atoms with Gasteiger partial charge in [-0.05, 0) is 0 Å². The minimum absolute atomic E-state index is 0.00266. The van der Waals surface area contributed by atoms with Crippen LogP contribution in [0.1, 0.15) is 0 Å². The first-order valence-corrected chi connectivity index (χ1v) is 12.1. The van der Waals surface area contributed by atoms with Crippen LogP contribution in [0.3, 0.4) is 0 Å². The molecule has 224 valence electrons. The number of hydrogen-bond acceptors (Lipinski definition) is 17. The van der Waals surface area contributed by atoms with Gasteiger partial charge in [0.1, 0.15) is 73.2 Å². The number of rotatable bonds is 11. The predicted molar refractivity (Wildman–Crippen MR) is 119 cm³/mol. The number of ether oxygens (including phenoxy) is 7. The van der Waals surface area contributed by atoms with Crippen LogP contribution in [0.4, 0.5) is 0 Å². The Labute approximate surface area is 217 Å². The van der Waals surface area contributed by atoms with Gasteiger partial charge in [-0.1, -0.05) is 0 Å². The molecule has 0 bridgehead atoms. The maximum Gasteiger partial charge on any atom is 0.186 e. The summed E-state index contributed by atoms with van der Waals surface area (Å²) in [5.41, 5.74) is 5.33. The molecule has 3 saturated heterocycles. The van der Waals surface area contributed by atoms with Gasteiger partial charge in [0.05, 0.1) is 26.4 Å². The minimum atomic E-state index is -1.77. The highest BCUT2D eigenvalue weighted by molar-refractivity contribution is 4.93. The Morgan fingerprint density at radius 1 is 0.553 bits per heavy atom. The van der Waals surface area contributed by atoms with Crippen molar-refractivity contribution in [2.45, 2.75) is 92.1 Å². The van der Waals surface area contributed by atoms with Gasteiger partial charge in [0, 0.05) is 13.7 Å². The third-order valence-corrected chi connectivity index (χ3v) is 6.61. The highest BCUT2D eigenvalue weighted by Crippen LogP contribution is 2.28. The molecule has 0 amide bonds. The van der Waals surface area contributed by atoms with Crippen molar-refractivity contribution in [3.05, 3.63) is 0 Å². The smallest absolute Gasteiger partial charge is 0.186 e. The number of aliphatic hydroxyl groups is 9. The zero-order valence-electron chi connectivity index (χ0n) is 20.7. The third kappa shape index (κ3) is 7.14. The average molecular weight is 562 g/mol. The Bertz CT molecular complexity index is 708. The molecule has 3 rings (SSSR count). The molecular weight excluding hydrogens is 522 g/mol. The number of nitrogens with two attached hydrogens (primary N) is 1. The van der Waals surface area contributed by atoms with Gasteiger partial charge in [-0.25, -0.2) is 0 Å². The summed E-state index contributed by atoms with van der Waals surface area (Å²) in [6.07, 6.45) is -22.6. The maximum atomic E-state index is 10.3. The van der Waals surface area contributed by atoms with Gasteiger partial charge in [0.25, 0.3) is 0 Å². The van der Waals surface area contributed by atoms with Crippen LogP contribution in [-0.2, 0) is 33.2 Å². The molecule has 0 aliphatic carbocycles. The van der Waals surface area contributed by atoms with Gasteiger partial charge in [-0.3, -0.25) is 0 Å². The van der Waals surface area contributed by atoms with E-state index in [1.807, 2.05) is 0 Å².